The molecule has 100 valence electrons. The zero-order chi connectivity index (χ0) is 13.8. The zero-order valence-electron chi connectivity index (χ0n) is 11.1. The van der Waals surface area contributed by atoms with E-state index in [4.69, 9.17) is 0 Å². The molecule has 0 unspecified atom stereocenters. The van der Waals surface area contributed by atoms with Crippen molar-refractivity contribution in [2.24, 2.45) is 0 Å². The van der Waals surface area contributed by atoms with Gasteiger partial charge < -0.3 is 0 Å². The van der Waals surface area contributed by atoms with Crippen LogP contribution >= 0.6 is 0 Å². The summed E-state index contributed by atoms with van der Waals surface area (Å²) in [7, 11) is 0. The first-order chi connectivity index (χ1) is 10.4. The Kier molecular flexibility index (Phi) is 2.86. The fourth-order valence-electron chi connectivity index (χ4n) is 2.95. The van der Waals surface area contributed by atoms with Gasteiger partial charge in [-0.05, 0) is 0 Å². The summed E-state index contributed by atoms with van der Waals surface area (Å²) in [5, 5.41) is 0. The Bertz CT molecular complexity index is 805. The van der Waals surface area contributed by atoms with E-state index in [1.807, 2.05) is 0 Å². The quantitative estimate of drug-likeness (QED) is 0.291. The molecule has 0 fully saturated rings. The molecular weight excluding hydrogens is 485 g/mol. The van der Waals surface area contributed by atoms with Gasteiger partial charge in [0.1, 0.15) is 0 Å². The molecule has 2 heterocycles. The third kappa shape index (κ3) is 1.82. The van der Waals surface area contributed by atoms with Crippen molar-refractivity contribution in [3.05, 3.63) is 66.7 Å². The number of nitrogens with zero attached hydrogens (tertiary/aromatic N) is 1. The standard InChI is InChI=1S/C18H11NTe2/c1-3-8-14-12(6-1)19-13-7-2-4-9-15(13)21-17-11-5-10-16(20-14)18(17)19/h1-11H. The summed E-state index contributed by atoms with van der Waals surface area (Å²) in [6.45, 7) is 0. The van der Waals surface area contributed by atoms with Crippen LogP contribution in [0.1, 0.15) is 0 Å². The van der Waals surface area contributed by atoms with E-state index < -0.39 is 0 Å². The SMILES string of the molecule is c1ccc2c(c1)[Te]c1cccc3c1N2c1ccccc1[Te]3. The number of fused-ring (bicyclic) bond motifs is 4. The van der Waals surface area contributed by atoms with Crippen molar-refractivity contribution < 1.29 is 0 Å². The van der Waals surface area contributed by atoms with Crippen LogP contribution in [0.2, 0.25) is 0 Å². The third-order valence-electron chi connectivity index (χ3n) is 3.84. The van der Waals surface area contributed by atoms with Crippen molar-refractivity contribution >= 4 is 73.4 Å². The first-order valence-corrected chi connectivity index (χ1v) is 11.5. The van der Waals surface area contributed by atoms with E-state index in [9.17, 15) is 0 Å². The molecule has 0 aliphatic carbocycles. The van der Waals surface area contributed by atoms with Crippen molar-refractivity contribution in [1.29, 1.82) is 0 Å². The summed E-state index contributed by atoms with van der Waals surface area (Å²) in [6, 6.07) is 24.9. The Morgan fingerprint density at radius 1 is 0.524 bits per heavy atom. The molecule has 2 aliphatic heterocycles. The molecule has 3 heteroatoms. The van der Waals surface area contributed by atoms with Gasteiger partial charge in [0.15, 0.2) is 0 Å². The molecule has 3 aromatic rings. The van der Waals surface area contributed by atoms with E-state index >= 15 is 0 Å². The third-order valence-corrected chi connectivity index (χ3v) is 10.2. The Morgan fingerprint density at radius 3 is 1.57 bits per heavy atom. The van der Waals surface area contributed by atoms with Crippen LogP contribution in [0.25, 0.3) is 0 Å². The minimum absolute atomic E-state index is 0.255. The maximum atomic E-state index is 2.53. The van der Waals surface area contributed by atoms with Crippen molar-refractivity contribution in [3.63, 3.8) is 0 Å². The van der Waals surface area contributed by atoms with E-state index in [1.54, 1.807) is 14.4 Å². The summed E-state index contributed by atoms with van der Waals surface area (Å²) >= 11 is -0.509. The fourth-order valence-corrected chi connectivity index (χ4v) is 9.81. The fraction of sp³-hybridized carbons (Fsp3) is 0. The Balaban J connectivity index is 1.88. The molecule has 2 aliphatic rings. The van der Waals surface area contributed by atoms with Crippen LogP contribution in [0.4, 0.5) is 17.1 Å². The average Bonchev–Trinajstić information content (AvgIpc) is 2.54. The molecule has 0 saturated heterocycles. The molecule has 0 N–H and O–H groups in total. The van der Waals surface area contributed by atoms with E-state index in [2.05, 4.69) is 71.6 Å². The van der Waals surface area contributed by atoms with Crippen molar-refractivity contribution in [1.82, 2.24) is 0 Å². The van der Waals surface area contributed by atoms with Gasteiger partial charge in [0.05, 0.1) is 0 Å². The number of rotatable bonds is 0. The Labute approximate surface area is 144 Å². The van der Waals surface area contributed by atoms with Crippen LogP contribution < -0.4 is 19.3 Å². The summed E-state index contributed by atoms with van der Waals surface area (Å²) in [5.74, 6) is 0. The van der Waals surface area contributed by atoms with Crippen LogP contribution in [-0.4, -0.2) is 41.8 Å². The van der Waals surface area contributed by atoms with Gasteiger partial charge in [0, 0.05) is 0 Å². The van der Waals surface area contributed by atoms with Crippen molar-refractivity contribution in [2.75, 3.05) is 4.90 Å². The monoisotopic (exact) mass is 501 g/mol. The molecule has 0 aromatic heterocycles. The maximum absolute atomic E-state index is 2.53. The number of para-hydroxylation sites is 3. The molecule has 0 radical (unpaired) electrons. The molecule has 0 spiro atoms. The minimum atomic E-state index is -0.255. The average molecular weight is 496 g/mol. The van der Waals surface area contributed by atoms with Crippen molar-refractivity contribution in [3.8, 4) is 0 Å². The first kappa shape index (κ1) is 12.6. The van der Waals surface area contributed by atoms with Gasteiger partial charge in [0.2, 0.25) is 0 Å². The summed E-state index contributed by atoms with van der Waals surface area (Å²) in [4.78, 5) is 2.53. The van der Waals surface area contributed by atoms with Gasteiger partial charge >= 0.3 is 145 Å². The van der Waals surface area contributed by atoms with Gasteiger partial charge in [-0.2, -0.15) is 0 Å². The van der Waals surface area contributed by atoms with E-state index in [1.165, 1.54) is 17.1 Å². The zero-order valence-corrected chi connectivity index (χ0v) is 15.8. The summed E-state index contributed by atoms with van der Waals surface area (Å²) in [5.41, 5.74) is 4.36. The molecule has 0 saturated carbocycles. The number of hydrogen-bond acceptors (Lipinski definition) is 1. The van der Waals surface area contributed by atoms with E-state index in [0.29, 0.717) is 0 Å². The van der Waals surface area contributed by atoms with E-state index in [-0.39, 0.29) is 41.8 Å². The molecule has 0 bridgehead atoms. The van der Waals surface area contributed by atoms with Crippen LogP contribution in [0.3, 0.4) is 0 Å². The number of benzene rings is 3. The van der Waals surface area contributed by atoms with Crippen LogP contribution in [0, 0.1) is 0 Å². The molecular formula is C18H11NTe2. The number of hydrogen-bond donors (Lipinski definition) is 0. The Hall–Kier alpha value is -0.961. The van der Waals surface area contributed by atoms with Gasteiger partial charge in [-0.25, -0.2) is 0 Å². The van der Waals surface area contributed by atoms with Gasteiger partial charge in [0.25, 0.3) is 0 Å². The molecule has 5 rings (SSSR count). The number of anilines is 3. The van der Waals surface area contributed by atoms with Gasteiger partial charge in [-0.3, -0.25) is 0 Å². The summed E-state index contributed by atoms with van der Waals surface area (Å²) < 4.78 is 6.34. The van der Waals surface area contributed by atoms with Crippen LogP contribution in [-0.2, 0) is 0 Å². The molecule has 1 nitrogen and oxygen atoms in total. The second-order valence-electron chi connectivity index (χ2n) is 5.08. The second kappa shape index (κ2) is 4.77. The molecule has 3 aromatic carbocycles. The van der Waals surface area contributed by atoms with Crippen LogP contribution in [0.15, 0.2) is 66.7 Å². The first-order valence-electron chi connectivity index (χ1n) is 6.89. The molecule has 0 atom stereocenters. The normalized spacial score (nSPS) is 14.2. The van der Waals surface area contributed by atoms with Gasteiger partial charge in [-0.15, -0.1) is 0 Å². The van der Waals surface area contributed by atoms with Gasteiger partial charge in [-0.1, -0.05) is 0 Å². The summed E-state index contributed by atoms with van der Waals surface area (Å²) in [6.07, 6.45) is 0. The topological polar surface area (TPSA) is 3.24 Å². The van der Waals surface area contributed by atoms with Crippen molar-refractivity contribution in [2.45, 2.75) is 0 Å². The predicted octanol–water partition coefficient (Wildman–Crippen LogP) is 1.09. The Morgan fingerprint density at radius 2 is 1.00 bits per heavy atom. The predicted molar refractivity (Wildman–Crippen MR) is 91.2 cm³/mol. The van der Waals surface area contributed by atoms with E-state index in [0.717, 1.165) is 0 Å². The second-order valence-corrected chi connectivity index (χ2v) is 11.3. The van der Waals surface area contributed by atoms with Crippen LogP contribution in [0.5, 0.6) is 0 Å². The molecule has 0 amide bonds. The molecule has 21 heavy (non-hydrogen) atoms.